The molecule has 12 heavy (non-hydrogen) atoms. The van der Waals surface area contributed by atoms with E-state index < -0.39 is 0 Å². The first-order chi connectivity index (χ1) is 5.81. The van der Waals surface area contributed by atoms with E-state index in [2.05, 4.69) is 6.58 Å². The van der Waals surface area contributed by atoms with E-state index in [1.54, 1.807) is 22.9 Å². The van der Waals surface area contributed by atoms with Gasteiger partial charge in [-0.15, -0.1) is 6.58 Å². The minimum absolute atomic E-state index is 0.0289. The molecule has 0 aliphatic rings. The van der Waals surface area contributed by atoms with Crippen LogP contribution in [0.25, 0.3) is 0 Å². The summed E-state index contributed by atoms with van der Waals surface area (Å²) in [5, 5.41) is 17.5. The monoisotopic (exact) mass is 162 g/mol. The molecule has 0 aromatic carbocycles. The summed E-state index contributed by atoms with van der Waals surface area (Å²) in [6.45, 7) is 4.14. The SMILES string of the molecule is C=CCn1cc(CO)cc1C#N. The number of rotatable bonds is 3. The van der Waals surface area contributed by atoms with Crippen LogP contribution in [0.5, 0.6) is 0 Å². The topological polar surface area (TPSA) is 49.0 Å². The predicted octanol–water partition coefficient (Wildman–Crippen LogP) is 1.04. The molecule has 0 aliphatic carbocycles. The van der Waals surface area contributed by atoms with Crippen LogP contribution in [0.15, 0.2) is 24.9 Å². The molecule has 0 amide bonds. The van der Waals surface area contributed by atoms with E-state index in [1.807, 2.05) is 6.07 Å². The number of nitriles is 1. The third kappa shape index (κ3) is 1.55. The molecule has 0 fully saturated rings. The van der Waals surface area contributed by atoms with Gasteiger partial charge >= 0.3 is 0 Å². The Bertz CT molecular complexity index is 320. The Kier molecular flexibility index (Phi) is 2.67. The molecule has 0 spiro atoms. The van der Waals surface area contributed by atoms with Crippen LogP contribution in [0.4, 0.5) is 0 Å². The lowest BCUT2D eigenvalue weighted by atomic mass is 10.3. The van der Waals surface area contributed by atoms with E-state index in [4.69, 9.17) is 10.4 Å². The van der Waals surface area contributed by atoms with Crippen molar-refractivity contribution in [2.24, 2.45) is 0 Å². The highest BCUT2D eigenvalue weighted by Gasteiger charge is 2.01. The highest BCUT2D eigenvalue weighted by atomic mass is 16.3. The Balaban J connectivity index is 3.01. The zero-order valence-electron chi connectivity index (χ0n) is 6.70. The lowest BCUT2D eigenvalue weighted by Gasteiger charge is -1.96. The third-order valence-electron chi connectivity index (χ3n) is 1.58. The van der Waals surface area contributed by atoms with Crippen molar-refractivity contribution in [3.63, 3.8) is 0 Å². The van der Waals surface area contributed by atoms with Gasteiger partial charge in [-0.1, -0.05) is 6.08 Å². The van der Waals surface area contributed by atoms with Crippen molar-refractivity contribution in [2.75, 3.05) is 0 Å². The first kappa shape index (κ1) is 8.57. The zero-order chi connectivity index (χ0) is 8.97. The molecule has 1 aromatic heterocycles. The lowest BCUT2D eigenvalue weighted by molar-refractivity contribution is 0.282. The Morgan fingerprint density at radius 1 is 1.75 bits per heavy atom. The van der Waals surface area contributed by atoms with E-state index in [0.29, 0.717) is 12.2 Å². The molecule has 0 aliphatic heterocycles. The highest BCUT2D eigenvalue weighted by Crippen LogP contribution is 2.07. The Morgan fingerprint density at radius 3 is 3.00 bits per heavy atom. The number of aromatic nitrogens is 1. The largest absolute Gasteiger partial charge is 0.392 e. The highest BCUT2D eigenvalue weighted by molar-refractivity contribution is 5.28. The van der Waals surface area contributed by atoms with Gasteiger partial charge in [-0.2, -0.15) is 5.26 Å². The summed E-state index contributed by atoms with van der Waals surface area (Å²) in [5.41, 5.74) is 1.31. The van der Waals surface area contributed by atoms with Crippen molar-refractivity contribution in [2.45, 2.75) is 13.2 Å². The van der Waals surface area contributed by atoms with Crippen LogP contribution < -0.4 is 0 Å². The summed E-state index contributed by atoms with van der Waals surface area (Å²) in [4.78, 5) is 0. The molecular formula is C9H10N2O. The summed E-state index contributed by atoms with van der Waals surface area (Å²) >= 11 is 0. The Morgan fingerprint density at radius 2 is 2.50 bits per heavy atom. The first-order valence-corrected chi connectivity index (χ1v) is 3.62. The molecule has 62 valence electrons. The van der Waals surface area contributed by atoms with Crippen LogP contribution in [-0.2, 0) is 13.2 Å². The molecule has 0 saturated carbocycles. The smallest absolute Gasteiger partial charge is 0.120 e. The number of hydrogen-bond donors (Lipinski definition) is 1. The molecule has 0 bridgehead atoms. The molecule has 1 heterocycles. The first-order valence-electron chi connectivity index (χ1n) is 3.62. The second kappa shape index (κ2) is 3.74. The second-order valence-corrected chi connectivity index (χ2v) is 2.44. The molecule has 3 heteroatoms. The summed E-state index contributed by atoms with van der Waals surface area (Å²) < 4.78 is 1.75. The standard InChI is InChI=1S/C9H10N2O/c1-2-3-11-6-8(7-12)4-9(11)5-10/h2,4,6,12H,1,3,7H2. The van der Waals surface area contributed by atoms with Gasteiger partial charge < -0.3 is 9.67 Å². The number of aliphatic hydroxyl groups is 1. The maximum atomic E-state index is 8.79. The van der Waals surface area contributed by atoms with Crippen molar-refractivity contribution in [3.8, 4) is 6.07 Å². The summed E-state index contributed by atoms with van der Waals surface area (Å²) in [6, 6.07) is 3.71. The van der Waals surface area contributed by atoms with E-state index in [-0.39, 0.29) is 6.61 Å². The molecule has 3 nitrogen and oxygen atoms in total. The van der Waals surface area contributed by atoms with Gasteiger partial charge in [0, 0.05) is 12.7 Å². The quantitative estimate of drug-likeness (QED) is 0.675. The van der Waals surface area contributed by atoms with E-state index in [0.717, 1.165) is 5.56 Å². The van der Waals surface area contributed by atoms with E-state index in [1.165, 1.54) is 0 Å². The van der Waals surface area contributed by atoms with Gasteiger partial charge in [0.15, 0.2) is 0 Å². The van der Waals surface area contributed by atoms with Crippen molar-refractivity contribution in [3.05, 3.63) is 36.2 Å². The van der Waals surface area contributed by atoms with Crippen LogP contribution in [0.1, 0.15) is 11.3 Å². The summed E-state index contributed by atoms with van der Waals surface area (Å²) in [5.74, 6) is 0. The number of allylic oxidation sites excluding steroid dienone is 1. The molecule has 0 atom stereocenters. The predicted molar refractivity (Wildman–Crippen MR) is 45.3 cm³/mol. The minimum Gasteiger partial charge on any atom is -0.392 e. The molecule has 1 rings (SSSR count). The fraction of sp³-hybridized carbons (Fsp3) is 0.222. The van der Waals surface area contributed by atoms with Gasteiger partial charge in [0.1, 0.15) is 11.8 Å². The molecule has 0 saturated heterocycles. The minimum atomic E-state index is -0.0289. The Hall–Kier alpha value is -1.53. The van der Waals surface area contributed by atoms with Crippen molar-refractivity contribution < 1.29 is 5.11 Å². The average Bonchev–Trinajstić information content (AvgIpc) is 2.48. The molecule has 0 radical (unpaired) electrons. The van der Waals surface area contributed by atoms with Gasteiger partial charge in [0.25, 0.3) is 0 Å². The fourth-order valence-corrected chi connectivity index (χ4v) is 1.04. The van der Waals surface area contributed by atoms with Crippen molar-refractivity contribution >= 4 is 0 Å². The number of hydrogen-bond acceptors (Lipinski definition) is 2. The van der Waals surface area contributed by atoms with E-state index >= 15 is 0 Å². The maximum Gasteiger partial charge on any atom is 0.120 e. The van der Waals surface area contributed by atoms with Gasteiger partial charge in [-0.3, -0.25) is 0 Å². The Labute approximate surface area is 71.2 Å². The fourth-order valence-electron chi connectivity index (χ4n) is 1.04. The maximum absolute atomic E-state index is 8.79. The van der Waals surface area contributed by atoms with Gasteiger partial charge in [0.2, 0.25) is 0 Å². The normalized spacial score (nSPS) is 9.33. The lowest BCUT2D eigenvalue weighted by Crippen LogP contribution is -1.95. The average molecular weight is 162 g/mol. The van der Waals surface area contributed by atoms with Gasteiger partial charge in [0.05, 0.1) is 6.61 Å². The van der Waals surface area contributed by atoms with E-state index in [9.17, 15) is 0 Å². The molecule has 0 unspecified atom stereocenters. The zero-order valence-corrected chi connectivity index (χ0v) is 6.70. The number of aliphatic hydroxyl groups excluding tert-OH is 1. The molecule has 1 aromatic rings. The summed E-state index contributed by atoms with van der Waals surface area (Å²) in [7, 11) is 0. The van der Waals surface area contributed by atoms with Crippen LogP contribution in [-0.4, -0.2) is 9.67 Å². The second-order valence-electron chi connectivity index (χ2n) is 2.44. The molecule has 1 N–H and O–H groups in total. The van der Waals surface area contributed by atoms with Crippen LogP contribution in [0, 0.1) is 11.3 Å². The van der Waals surface area contributed by atoms with Crippen LogP contribution in [0.2, 0.25) is 0 Å². The number of nitrogens with zero attached hydrogens (tertiary/aromatic N) is 2. The summed E-state index contributed by atoms with van der Waals surface area (Å²) in [6.07, 6.45) is 3.46. The third-order valence-corrected chi connectivity index (χ3v) is 1.58. The van der Waals surface area contributed by atoms with Crippen molar-refractivity contribution in [1.82, 2.24) is 4.57 Å². The van der Waals surface area contributed by atoms with Gasteiger partial charge in [-0.25, -0.2) is 0 Å². The van der Waals surface area contributed by atoms with Crippen molar-refractivity contribution in [1.29, 1.82) is 5.26 Å². The molecular weight excluding hydrogens is 152 g/mol. The van der Waals surface area contributed by atoms with Gasteiger partial charge in [-0.05, 0) is 11.6 Å². The van der Waals surface area contributed by atoms with Crippen LogP contribution in [0.3, 0.4) is 0 Å². The van der Waals surface area contributed by atoms with Crippen LogP contribution >= 0.6 is 0 Å².